The molecule has 0 spiro atoms. The quantitative estimate of drug-likeness (QED) is 0.282. The van der Waals surface area contributed by atoms with Crippen molar-refractivity contribution >= 4 is 0 Å². The van der Waals surface area contributed by atoms with Gasteiger partial charge in [-0.25, -0.2) is 18.3 Å². The maximum atomic E-state index is 4.94. The molecule has 1 saturated heterocycles. The van der Waals surface area contributed by atoms with Gasteiger partial charge in [-0.3, -0.25) is 0 Å². The Morgan fingerprint density at radius 1 is 0.615 bits per heavy atom. The van der Waals surface area contributed by atoms with E-state index in [0.29, 0.717) is 0 Å². The van der Waals surface area contributed by atoms with Crippen molar-refractivity contribution < 1.29 is 61.8 Å². The van der Waals surface area contributed by atoms with Crippen LogP contribution in [0.1, 0.15) is 95.9 Å². The van der Waals surface area contributed by atoms with E-state index in [0.717, 1.165) is 39.4 Å². The zero-order valence-corrected chi connectivity index (χ0v) is 31.4. The first-order valence-electron chi connectivity index (χ1n) is 14.1. The summed E-state index contributed by atoms with van der Waals surface area (Å²) in [5, 5.41) is 6.98. The van der Waals surface area contributed by atoms with Crippen LogP contribution in [0.15, 0.2) is 37.4 Å². The lowest BCUT2D eigenvalue weighted by molar-refractivity contribution is -0.695. The van der Waals surface area contributed by atoms with E-state index in [9.17, 15) is 0 Å². The van der Waals surface area contributed by atoms with E-state index in [-0.39, 0.29) is 70.1 Å². The summed E-state index contributed by atoms with van der Waals surface area (Å²) in [4.78, 5) is 0. The number of hydrogen-bond donors (Lipinski definition) is 2. The first-order chi connectivity index (χ1) is 16.9. The van der Waals surface area contributed by atoms with Gasteiger partial charge < -0.3 is 63.3 Å². The fraction of sp³-hybridized carbons (Fsp3) is 0.800. The molecule has 0 unspecified atom stereocenters. The summed E-state index contributed by atoms with van der Waals surface area (Å²) in [6.45, 7) is 32.5. The van der Waals surface area contributed by atoms with Crippen LogP contribution in [0.2, 0.25) is 0 Å². The van der Waals surface area contributed by atoms with Crippen LogP contribution in [0.25, 0.3) is 0 Å². The Bertz CT molecular complexity index is 803. The molecule has 0 atom stereocenters. The fourth-order valence-corrected chi connectivity index (χ4v) is 3.48. The van der Waals surface area contributed by atoms with Crippen LogP contribution in [0.4, 0.5) is 0 Å². The molecule has 2 aromatic rings. The molecule has 2 N–H and O–H groups in total. The SMILES string of the molecule is C1CCOC1.CC(C)(C)NCC[n+]1ccn(C(C)(C)C)c1.CC(C)(C)NCC[n+]1ccn(C(C)(C)C)c1.[I-].[I-]. The van der Waals surface area contributed by atoms with E-state index < -0.39 is 0 Å². The van der Waals surface area contributed by atoms with E-state index >= 15 is 0 Å². The fourth-order valence-electron chi connectivity index (χ4n) is 3.48. The van der Waals surface area contributed by atoms with Gasteiger partial charge in [0.1, 0.15) is 49.0 Å². The van der Waals surface area contributed by atoms with Gasteiger partial charge in [0.05, 0.1) is 0 Å². The maximum Gasteiger partial charge on any atom is 0.244 e. The number of nitrogens with zero attached hydrogens (tertiary/aromatic N) is 4. The summed E-state index contributed by atoms with van der Waals surface area (Å²) in [6.07, 6.45) is 15.4. The molecule has 39 heavy (non-hydrogen) atoms. The third-order valence-corrected chi connectivity index (χ3v) is 5.81. The van der Waals surface area contributed by atoms with Crippen LogP contribution >= 0.6 is 0 Å². The summed E-state index contributed by atoms with van der Waals surface area (Å²) in [5.41, 5.74) is 0.742. The summed E-state index contributed by atoms with van der Waals surface area (Å²) >= 11 is 0. The third kappa shape index (κ3) is 20.3. The highest BCUT2D eigenvalue weighted by atomic mass is 127. The van der Waals surface area contributed by atoms with Crippen molar-refractivity contribution in [3.05, 3.63) is 37.4 Å². The van der Waals surface area contributed by atoms with Crippen molar-refractivity contribution in [3.8, 4) is 0 Å². The summed E-state index contributed by atoms with van der Waals surface area (Å²) in [6, 6.07) is 0. The normalized spacial score (nSPS) is 13.8. The van der Waals surface area contributed by atoms with Gasteiger partial charge in [-0.05, 0) is 95.9 Å². The lowest BCUT2D eigenvalue weighted by atomic mass is 10.1. The molecule has 0 aliphatic carbocycles. The largest absolute Gasteiger partial charge is 1.00 e. The number of halogens is 2. The molecular weight excluding hydrogens is 714 g/mol. The van der Waals surface area contributed by atoms with Crippen LogP contribution in [0.3, 0.4) is 0 Å². The first kappa shape index (κ1) is 40.9. The van der Waals surface area contributed by atoms with Gasteiger partial charge in [-0.1, -0.05) is 0 Å². The van der Waals surface area contributed by atoms with E-state index in [1.807, 2.05) is 0 Å². The number of imidazole rings is 2. The summed E-state index contributed by atoms with van der Waals surface area (Å²) in [5.74, 6) is 0. The molecule has 3 heterocycles. The van der Waals surface area contributed by atoms with Crippen LogP contribution in [-0.4, -0.2) is 46.5 Å². The van der Waals surface area contributed by atoms with Crippen molar-refractivity contribution in [3.63, 3.8) is 0 Å². The predicted octanol–water partition coefficient (Wildman–Crippen LogP) is -1.36. The number of hydrogen-bond acceptors (Lipinski definition) is 3. The van der Waals surface area contributed by atoms with Crippen molar-refractivity contribution in [1.82, 2.24) is 19.8 Å². The summed E-state index contributed by atoms with van der Waals surface area (Å²) < 4.78 is 13.9. The minimum absolute atomic E-state index is 0. The molecule has 9 heteroatoms. The molecule has 230 valence electrons. The van der Waals surface area contributed by atoms with Crippen molar-refractivity contribution in [2.24, 2.45) is 0 Å². The number of rotatable bonds is 6. The zero-order chi connectivity index (χ0) is 28.3. The Morgan fingerprint density at radius 2 is 0.949 bits per heavy atom. The van der Waals surface area contributed by atoms with Crippen molar-refractivity contribution in [2.75, 3.05) is 26.3 Å². The van der Waals surface area contributed by atoms with Crippen LogP contribution in [-0.2, 0) is 28.9 Å². The van der Waals surface area contributed by atoms with Gasteiger partial charge in [0.15, 0.2) is 0 Å². The second-order valence-corrected chi connectivity index (χ2v) is 14.1. The average Bonchev–Trinajstić information content (AvgIpc) is 3.49. The van der Waals surface area contributed by atoms with Gasteiger partial charge in [-0.2, -0.15) is 0 Å². The standard InChI is InChI=1S/2C13H26N3.C4H8O.2HI/c2*1-12(2,3)14-7-8-15-9-10-16(11-15)13(4,5)6;1-2-4-5-3-1;;/h2*9-11,14H,7-8H2,1-6H3;1-4H2;2*1H/q2*+1;;;/p-2. The van der Waals surface area contributed by atoms with Gasteiger partial charge in [0.25, 0.3) is 0 Å². The molecule has 1 fully saturated rings. The number of nitrogens with one attached hydrogen (secondary N) is 2. The molecule has 0 saturated carbocycles. The molecule has 1 aliphatic heterocycles. The topological polar surface area (TPSA) is 50.9 Å². The maximum absolute atomic E-state index is 4.94. The molecule has 0 radical (unpaired) electrons. The van der Waals surface area contributed by atoms with Crippen molar-refractivity contribution in [2.45, 2.75) is 131 Å². The highest BCUT2D eigenvalue weighted by Crippen LogP contribution is 2.12. The Labute approximate surface area is 274 Å². The van der Waals surface area contributed by atoms with E-state index in [1.54, 1.807) is 0 Å². The smallest absolute Gasteiger partial charge is 0.244 e. The van der Waals surface area contributed by atoms with Crippen LogP contribution in [0.5, 0.6) is 0 Å². The Morgan fingerprint density at radius 3 is 1.15 bits per heavy atom. The molecular formula is C30H60I2N6O. The summed E-state index contributed by atoms with van der Waals surface area (Å²) in [7, 11) is 0. The van der Waals surface area contributed by atoms with Gasteiger partial charge in [0, 0.05) is 37.4 Å². The van der Waals surface area contributed by atoms with Gasteiger partial charge >= 0.3 is 0 Å². The molecule has 7 nitrogen and oxygen atoms in total. The minimum Gasteiger partial charge on any atom is -1.00 e. The molecule has 0 bridgehead atoms. The third-order valence-electron chi connectivity index (χ3n) is 5.81. The minimum atomic E-state index is 0. The first-order valence-corrected chi connectivity index (χ1v) is 14.1. The van der Waals surface area contributed by atoms with Gasteiger partial charge in [-0.15, -0.1) is 0 Å². The van der Waals surface area contributed by atoms with Gasteiger partial charge in [0.2, 0.25) is 12.7 Å². The molecule has 1 aliphatic rings. The second-order valence-electron chi connectivity index (χ2n) is 14.1. The predicted molar refractivity (Wildman–Crippen MR) is 155 cm³/mol. The van der Waals surface area contributed by atoms with Crippen LogP contribution < -0.4 is 67.7 Å². The molecule has 2 aromatic heterocycles. The zero-order valence-electron chi connectivity index (χ0n) is 27.1. The number of aromatic nitrogens is 4. The average molecular weight is 775 g/mol. The monoisotopic (exact) mass is 774 g/mol. The lowest BCUT2D eigenvalue weighted by Gasteiger charge is -2.19. The highest BCUT2D eigenvalue weighted by Gasteiger charge is 2.20. The van der Waals surface area contributed by atoms with E-state index in [1.165, 1.54) is 12.8 Å². The molecule has 0 aromatic carbocycles. The highest BCUT2D eigenvalue weighted by molar-refractivity contribution is 4.79. The Kier molecular flexibility index (Phi) is 19.2. The van der Waals surface area contributed by atoms with E-state index in [4.69, 9.17) is 4.74 Å². The Hall–Kier alpha value is -0.240. The van der Waals surface area contributed by atoms with E-state index in [2.05, 4.69) is 149 Å². The van der Waals surface area contributed by atoms with Crippen molar-refractivity contribution in [1.29, 1.82) is 0 Å². The van der Waals surface area contributed by atoms with Crippen LogP contribution in [0, 0.1) is 0 Å². The Balaban J connectivity index is 0. The lowest BCUT2D eigenvalue weighted by Crippen LogP contribution is -3.00. The number of ether oxygens (including phenoxy) is 1. The molecule has 3 rings (SSSR count). The molecule has 0 amide bonds. The second kappa shape index (κ2) is 18.3.